The van der Waals surface area contributed by atoms with Gasteiger partial charge in [-0.1, -0.05) is 6.92 Å². The van der Waals surface area contributed by atoms with Gasteiger partial charge in [-0.15, -0.1) is 11.3 Å². The molecular formula is C18H22N2O3S. The topological polar surface area (TPSA) is 60.5 Å². The van der Waals surface area contributed by atoms with Crippen molar-refractivity contribution in [1.29, 1.82) is 0 Å². The van der Waals surface area contributed by atoms with Gasteiger partial charge in [0.2, 0.25) is 5.91 Å². The average Bonchev–Trinajstić information content (AvgIpc) is 3.06. The van der Waals surface area contributed by atoms with Gasteiger partial charge in [0.1, 0.15) is 5.60 Å². The Morgan fingerprint density at radius 2 is 2.25 bits per heavy atom. The van der Waals surface area contributed by atoms with Crippen LogP contribution in [0.2, 0.25) is 0 Å². The van der Waals surface area contributed by atoms with E-state index in [0.717, 1.165) is 41.2 Å². The quantitative estimate of drug-likeness (QED) is 0.878. The maximum Gasteiger partial charge on any atom is 0.223 e. The molecule has 1 aliphatic rings. The summed E-state index contributed by atoms with van der Waals surface area (Å²) < 4.78 is 12.0. The van der Waals surface area contributed by atoms with Gasteiger partial charge in [-0.25, -0.2) is 4.98 Å². The molecule has 1 aliphatic heterocycles. The van der Waals surface area contributed by atoms with E-state index in [9.17, 15) is 4.79 Å². The molecular weight excluding hydrogens is 324 g/mol. The van der Waals surface area contributed by atoms with Gasteiger partial charge in [0.05, 0.1) is 12.3 Å². The minimum absolute atomic E-state index is 0.119. The molecule has 0 bridgehead atoms. The van der Waals surface area contributed by atoms with Gasteiger partial charge >= 0.3 is 0 Å². The third kappa shape index (κ3) is 3.53. The minimum Gasteiger partial charge on any atom is -0.490 e. The Bertz CT molecular complexity index is 768. The summed E-state index contributed by atoms with van der Waals surface area (Å²) in [6.45, 7) is 8.36. The number of carbonyl (C=O) groups excluding carboxylic acids is 1. The van der Waals surface area contributed by atoms with Crippen molar-refractivity contribution in [2.45, 2.75) is 46.1 Å². The van der Waals surface area contributed by atoms with Crippen molar-refractivity contribution < 1.29 is 14.3 Å². The average molecular weight is 346 g/mol. The van der Waals surface area contributed by atoms with Gasteiger partial charge in [0.25, 0.3) is 0 Å². The Morgan fingerprint density at radius 3 is 2.96 bits per heavy atom. The SMILES string of the molecule is CCCOc1cc(-c2csc(NC(C)=O)n2)cc2c1OC(C)(C)C2. The number of aromatic nitrogens is 1. The number of hydrogen-bond donors (Lipinski definition) is 1. The number of thiazole rings is 1. The molecule has 0 saturated heterocycles. The smallest absolute Gasteiger partial charge is 0.223 e. The van der Waals surface area contributed by atoms with Crippen molar-refractivity contribution in [3.63, 3.8) is 0 Å². The number of amides is 1. The predicted octanol–water partition coefficient (Wildman–Crippen LogP) is 4.27. The van der Waals surface area contributed by atoms with Crippen LogP contribution in [-0.2, 0) is 11.2 Å². The highest BCUT2D eigenvalue weighted by Gasteiger charge is 2.33. The molecule has 1 aromatic carbocycles. The molecule has 2 aromatic rings. The summed E-state index contributed by atoms with van der Waals surface area (Å²) in [6.07, 6.45) is 1.77. The van der Waals surface area contributed by atoms with Crippen LogP contribution in [0.25, 0.3) is 11.3 Å². The normalized spacial score (nSPS) is 14.8. The zero-order chi connectivity index (χ0) is 17.3. The van der Waals surface area contributed by atoms with Crippen LogP contribution in [0.15, 0.2) is 17.5 Å². The predicted molar refractivity (Wildman–Crippen MR) is 96.1 cm³/mol. The van der Waals surface area contributed by atoms with Gasteiger partial charge < -0.3 is 14.8 Å². The van der Waals surface area contributed by atoms with Crippen molar-refractivity contribution in [2.24, 2.45) is 0 Å². The van der Waals surface area contributed by atoms with E-state index in [2.05, 4.69) is 37.1 Å². The molecule has 128 valence electrons. The van der Waals surface area contributed by atoms with E-state index in [1.54, 1.807) is 0 Å². The molecule has 6 heteroatoms. The molecule has 0 aliphatic carbocycles. The highest BCUT2D eigenvalue weighted by Crippen LogP contribution is 2.45. The van der Waals surface area contributed by atoms with E-state index in [0.29, 0.717) is 11.7 Å². The molecule has 0 saturated carbocycles. The zero-order valence-electron chi connectivity index (χ0n) is 14.4. The number of ether oxygens (including phenoxy) is 2. The van der Waals surface area contributed by atoms with E-state index in [1.165, 1.54) is 18.3 Å². The molecule has 1 N–H and O–H groups in total. The van der Waals surface area contributed by atoms with E-state index in [1.807, 2.05) is 11.4 Å². The fourth-order valence-electron chi connectivity index (χ4n) is 2.76. The molecule has 2 heterocycles. The van der Waals surface area contributed by atoms with E-state index >= 15 is 0 Å². The summed E-state index contributed by atoms with van der Waals surface area (Å²) in [5, 5.41) is 5.27. The summed E-state index contributed by atoms with van der Waals surface area (Å²) >= 11 is 1.41. The molecule has 1 aromatic heterocycles. The number of carbonyl (C=O) groups is 1. The number of hydrogen-bond acceptors (Lipinski definition) is 5. The summed E-state index contributed by atoms with van der Waals surface area (Å²) in [5.74, 6) is 1.49. The first-order valence-corrected chi connectivity index (χ1v) is 8.98. The Morgan fingerprint density at radius 1 is 1.46 bits per heavy atom. The van der Waals surface area contributed by atoms with Gasteiger partial charge in [-0.2, -0.15) is 0 Å². The third-order valence-corrected chi connectivity index (χ3v) is 4.43. The second-order valence-corrected chi connectivity index (χ2v) is 7.43. The van der Waals surface area contributed by atoms with Crippen LogP contribution in [-0.4, -0.2) is 23.1 Å². The van der Waals surface area contributed by atoms with Crippen molar-refractivity contribution in [1.82, 2.24) is 4.98 Å². The van der Waals surface area contributed by atoms with Gasteiger partial charge in [0.15, 0.2) is 16.6 Å². The molecule has 0 unspecified atom stereocenters. The molecule has 0 radical (unpaired) electrons. The molecule has 5 nitrogen and oxygen atoms in total. The number of benzene rings is 1. The van der Waals surface area contributed by atoms with E-state index in [4.69, 9.17) is 9.47 Å². The molecule has 0 fully saturated rings. The Labute approximate surface area is 146 Å². The maximum absolute atomic E-state index is 11.2. The van der Waals surface area contributed by atoms with Crippen LogP contribution in [0, 0.1) is 0 Å². The first-order valence-electron chi connectivity index (χ1n) is 8.10. The van der Waals surface area contributed by atoms with Crippen molar-refractivity contribution in [2.75, 3.05) is 11.9 Å². The number of anilines is 1. The first-order chi connectivity index (χ1) is 11.4. The van der Waals surface area contributed by atoms with Crippen molar-refractivity contribution in [3.05, 3.63) is 23.1 Å². The lowest BCUT2D eigenvalue weighted by Crippen LogP contribution is -2.24. The van der Waals surface area contributed by atoms with Gasteiger partial charge in [0, 0.05) is 29.9 Å². The first kappa shape index (κ1) is 16.8. The lowest BCUT2D eigenvalue weighted by atomic mass is 9.99. The Kier molecular flexibility index (Phi) is 4.49. The monoisotopic (exact) mass is 346 g/mol. The van der Waals surface area contributed by atoms with Crippen LogP contribution in [0.3, 0.4) is 0 Å². The van der Waals surface area contributed by atoms with E-state index in [-0.39, 0.29) is 11.5 Å². The summed E-state index contributed by atoms with van der Waals surface area (Å²) in [6, 6.07) is 4.08. The fraction of sp³-hybridized carbons (Fsp3) is 0.444. The van der Waals surface area contributed by atoms with Gasteiger partial charge in [-0.3, -0.25) is 4.79 Å². The van der Waals surface area contributed by atoms with Crippen LogP contribution in [0.5, 0.6) is 11.5 Å². The number of fused-ring (bicyclic) bond motifs is 1. The number of rotatable bonds is 5. The van der Waals surface area contributed by atoms with Crippen LogP contribution >= 0.6 is 11.3 Å². The highest BCUT2D eigenvalue weighted by atomic mass is 32.1. The molecule has 24 heavy (non-hydrogen) atoms. The van der Waals surface area contributed by atoms with Gasteiger partial charge in [-0.05, 0) is 32.4 Å². The largest absolute Gasteiger partial charge is 0.490 e. The summed E-state index contributed by atoms with van der Waals surface area (Å²) in [7, 11) is 0. The van der Waals surface area contributed by atoms with E-state index < -0.39 is 0 Å². The second kappa shape index (κ2) is 6.43. The lowest BCUT2D eigenvalue weighted by Gasteiger charge is -2.18. The lowest BCUT2D eigenvalue weighted by molar-refractivity contribution is -0.114. The second-order valence-electron chi connectivity index (χ2n) is 6.57. The van der Waals surface area contributed by atoms with Crippen LogP contribution in [0.4, 0.5) is 5.13 Å². The van der Waals surface area contributed by atoms with Crippen molar-refractivity contribution in [3.8, 4) is 22.8 Å². The standard InChI is InChI=1S/C18H22N2O3S/c1-5-6-22-15-8-12(7-13-9-18(3,4)23-16(13)15)14-10-24-17(20-14)19-11(2)21/h7-8,10H,5-6,9H2,1-4H3,(H,19,20,21). The van der Waals surface area contributed by atoms with Crippen molar-refractivity contribution >= 4 is 22.4 Å². The molecule has 0 spiro atoms. The van der Waals surface area contributed by atoms with Crippen LogP contribution < -0.4 is 14.8 Å². The summed E-state index contributed by atoms with van der Waals surface area (Å²) in [4.78, 5) is 15.7. The van der Waals surface area contributed by atoms with Crippen LogP contribution in [0.1, 0.15) is 39.7 Å². The molecule has 1 amide bonds. The number of nitrogens with zero attached hydrogens (tertiary/aromatic N) is 1. The number of nitrogens with one attached hydrogen (secondary N) is 1. The highest BCUT2D eigenvalue weighted by molar-refractivity contribution is 7.14. The molecule has 3 rings (SSSR count). The zero-order valence-corrected chi connectivity index (χ0v) is 15.3. The maximum atomic E-state index is 11.2. The Balaban J connectivity index is 1.97. The minimum atomic E-state index is -0.227. The molecule has 0 atom stereocenters. The third-order valence-electron chi connectivity index (χ3n) is 3.67. The summed E-state index contributed by atoms with van der Waals surface area (Å²) in [5.41, 5.74) is 2.72. The fourth-order valence-corrected chi connectivity index (χ4v) is 3.53. The Hall–Kier alpha value is -2.08.